The van der Waals surface area contributed by atoms with Gasteiger partial charge in [0, 0.05) is 38.9 Å². The largest absolute Gasteiger partial charge is 0.427 e. The van der Waals surface area contributed by atoms with Gasteiger partial charge in [-0.25, -0.2) is 19.7 Å². The first-order valence-corrected chi connectivity index (χ1v) is 15.6. The number of hydroxylamine groups is 1. The van der Waals surface area contributed by atoms with E-state index in [1.165, 1.54) is 25.7 Å². The molecule has 0 bridgehead atoms. The summed E-state index contributed by atoms with van der Waals surface area (Å²) < 4.78 is 8.61. The molecule has 4 fully saturated rings. The number of rotatable bonds is 6. The topological polar surface area (TPSA) is 110 Å². The Balaban J connectivity index is 1.45. The number of imidazole rings is 1. The molecule has 0 radical (unpaired) electrons. The molecule has 224 valence electrons. The molecule has 3 atom stereocenters. The van der Waals surface area contributed by atoms with Crippen molar-refractivity contribution < 1.29 is 14.4 Å². The zero-order chi connectivity index (χ0) is 29.0. The number of ether oxygens (including phenoxy) is 1. The molecule has 12 heteroatoms. The molecule has 3 aromatic heterocycles. The van der Waals surface area contributed by atoms with Gasteiger partial charge in [-0.15, -0.1) is 5.48 Å². The zero-order valence-electron chi connectivity index (χ0n) is 24.5. The SMILES string of the molecule is CC1CCC(Cn2c(N3CCO[C@@H]4CCC[C@H]43)nc3cc(C4NOC(=O)N4)nc(-c4cc(Cl)cnc4N(C)C)c32)CC1. The monoisotopic (exact) mass is 594 g/mol. The summed E-state index contributed by atoms with van der Waals surface area (Å²) in [7, 11) is 3.93. The number of hydrogen-bond acceptors (Lipinski definition) is 9. The van der Waals surface area contributed by atoms with Gasteiger partial charge in [0.05, 0.1) is 40.5 Å². The van der Waals surface area contributed by atoms with Gasteiger partial charge in [-0.3, -0.25) is 5.32 Å². The number of aromatic nitrogens is 4. The van der Waals surface area contributed by atoms with Crippen LogP contribution in [0.25, 0.3) is 22.3 Å². The number of fused-ring (bicyclic) bond motifs is 2. The number of nitrogens with one attached hydrogen (secondary N) is 2. The molecule has 2 aliphatic carbocycles. The second kappa shape index (κ2) is 11.2. The highest BCUT2D eigenvalue weighted by Gasteiger charge is 2.39. The van der Waals surface area contributed by atoms with Crippen molar-refractivity contribution in [1.82, 2.24) is 30.3 Å². The number of amides is 1. The summed E-state index contributed by atoms with van der Waals surface area (Å²) in [6, 6.07) is 4.20. The fraction of sp³-hybridized carbons (Fsp3) is 0.600. The van der Waals surface area contributed by atoms with Gasteiger partial charge in [-0.2, -0.15) is 0 Å². The van der Waals surface area contributed by atoms with Crippen molar-refractivity contribution in [2.75, 3.05) is 37.0 Å². The fourth-order valence-corrected chi connectivity index (χ4v) is 7.38. The number of carbonyl (C=O) groups is 1. The summed E-state index contributed by atoms with van der Waals surface area (Å²) in [6.07, 6.45) is 9.01. The molecule has 0 aromatic carbocycles. The van der Waals surface area contributed by atoms with Gasteiger partial charge in [0.1, 0.15) is 11.5 Å². The first-order chi connectivity index (χ1) is 20.4. The number of pyridine rings is 2. The van der Waals surface area contributed by atoms with Gasteiger partial charge in [-0.05, 0) is 56.1 Å². The van der Waals surface area contributed by atoms with Crippen molar-refractivity contribution in [1.29, 1.82) is 0 Å². The predicted molar refractivity (Wildman–Crippen MR) is 161 cm³/mol. The van der Waals surface area contributed by atoms with E-state index in [2.05, 4.69) is 32.2 Å². The van der Waals surface area contributed by atoms with Crippen LogP contribution >= 0.6 is 11.6 Å². The van der Waals surface area contributed by atoms with Crippen LogP contribution < -0.4 is 20.6 Å². The van der Waals surface area contributed by atoms with Crippen LogP contribution in [0.4, 0.5) is 16.6 Å². The quantitative estimate of drug-likeness (QED) is 0.405. The standard InChI is InChI=1S/C30H39ClN8O3/c1-17-7-9-18(10-8-17)16-39-26-21(34-29(39)38-11-12-41-24-6-4-5-23(24)38)14-22(27-35-30(40)42-36-27)33-25(26)20-13-19(31)15-32-28(20)37(2)3/h13-15,17-18,23-24,27,36H,4-12,16H2,1-3H3,(H,35,40)/t17?,18?,23-,24-,27?/m1/s1. The summed E-state index contributed by atoms with van der Waals surface area (Å²) in [5.74, 6) is 3.06. The Hall–Kier alpha value is -3.15. The highest BCUT2D eigenvalue weighted by Crippen LogP contribution is 2.41. The Morgan fingerprint density at radius 3 is 2.71 bits per heavy atom. The first kappa shape index (κ1) is 27.7. The smallest absolute Gasteiger partial charge is 0.374 e. The number of carbonyl (C=O) groups excluding carboxylic acids is 1. The molecule has 2 aliphatic heterocycles. The molecule has 1 unspecified atom stereocenters. The minimum Gasteiger partial charge on any atom is -0.374 e. The lowest BCUT2D eigenvalue weighted by molar-refractivity contribution is 0.0247. The average molecular weight is 595 g/mol. The molecule has 42 heavy (non-hydrogen) atoms. The van der Waals surface area contributed by atoms with Crippen molar-refractivity contribution >= 4 is 40.5 Å². The second-order valence-electron chi connectivity index (χ2n) is 12.5. The maximum Gasteiger partial charge on any atom is 0.427 e. The predicted octanol–water partition coefficient (Wildman–Crippen LogP) is 5.04. The minimum absolute atomic E-state index is 0.239. The lowest BCUT2D eigenvalue weighted by atomic mass is 9.83. The van der Waals surface area contributed by atoms with Gasteiger partial charge >= 0.3 is 6.09 Å². The number of morpholine rings is 1. The van der Waals surface area contributed by atoms with Crippen LogP contribution in [0.15, 0.2) is 18.3 Å². The maximum absolute atomic E-state index is 12.0. The van der Waals surface area contributed by atoms with Crippen LogP contribution in [0.1, 0.15) is 63.7 Å². The van der Waals surface area contributed by atoms with E-state index in [9.17, 15) is 4.79 Å². The molecule has 11 nitrogen and oxygen atoms in total. The van der Waals surface area contributed by atoms with Crippen LogP contribution in [0, 0.1) is 11.8 Å². The van der Waals surface area contributed by atoms with Crippen molar-refractivity contribution in [3.63, 3.8) is 0 Å². The van der Waals surface area contributed by atoms with Crippen molar-refractivity contribution in [3.8, 4) is 11.3 Å². The Kier molecular flexibility index (Phi) is 7.36. The number of anilines is 2. The maximum atomic E-state index is 12.0. The van der Waals surface area contributed by atoms with Crippen molar-refractivity contribution in [2.45, 2.75) is 76.7 Å². The highest BCUT2D eigenvalue weighted by atomic mass is 35.5. The molecule has 3 aromatic rings. The van der Waals surface area contributed by atoms with E-state index in [4.69, 9.17) is 31.1 Å². The van der Waals surface area contributed by atoms with Crippen LogP contribution in [-0.2, 0) is 16.1 Å². The summed E-state index contributed by atoms with van der Waals surface area (Å²) in [4.78, 5) is 36.6. The Bertz CT molecular complexity index is 1490. The first-order valence-electron chi connectivity index (χ1n) is 15.2. The molecule has 2 saturated carbocycles. The molecule has 2 saturated heterocycles. The van der Waals surface area contributed by atoms with Crippen molar-refractivity contribution in [2.24, 2.45) is 11.8 Å². The third-order valence-electron chi connectivity index (χ3n) is 9.38. The van der Waals surface area contributed by atoms with E-state index in [-0.39, 0.29) is 6.10 Å². The summed E-state index contributed by atoms with van der Waals surface area (Å²) in [5, 5.41) is 3.33. The summed E-state index contributed by atoms with van der Waals surface area (Å²) in [5.41, 5.74) is 6.71. The average Bonchev–Trinajstić information content (AvgIpc) is 3.72. The highest BCUT2D eigenvalue weighted by molar-refractivity contribution is 6.30. The van der Waals surface area contributed by atoms with E-state index in [0.29, 0.717) is 29.3 Å². The third-order valence-corrected chi connectivity index (χ3v) is 9.59. The van der Waals surface area contributed by atoms with E-state index < -0.39 is 12.3 Å². The lowest BCUT2D eigenvalue weighted by Gasteiger charge is -2.39. The number of nitrogens with zero attached hydrogens (tertiary/aromatic N) is 6. The van der Waals surface area contributed by atoms with E-state index in [1.807, 2.05) is 31.1 Å². The van der Waals surface area contributed by atoms with E-state index in [0.717, 1.165) is 72.3 Å². The van der Waals surface area contributed by atoms with Crippen LogP contribution in [0.2, 0.25) is 5.02 Å². The second-order valence-corrected chi connectivity index (χ2v) is 13.0. The molecule has 1 amide bonds. The summed E-state index contributed by atoms with van der Waals surface area (Å²) >= 11 is 6.56. The number of hydrogen-bond donors (Lipinski definition) is 2. The Morgan fingerprint density at radius 1 is 1.12 bits per heavy atom. The van der Waals surface area contributed by atoms with E-state index in [1.54, 1.807) is 6.20 Å². The van der Waals surface area contributed by atoms with Gasteiger partial charge in [-0.1, -0.05) is 31.4 Å². The van der Waals surface area contributed by atoms with Crippen LogP contribution in [0.3, 0.4) is 0 Å². The molecule has 2 N–H and O–H groups in total. The van der Waals surface area contributed by atoms with Crippen molar-refractivity contribution in [3.05, 3.63) is 29.0 Å². The molecule has 5 heterocycles. The van der Waals surface area contributed by atoms with Crippen LogP contribution in [-0.4, -0.2) is 65.0 Å². The van der Waals surface area contributed by atoms with Crippen LogP contribution in [0.5, 0.6) is 0 Å². The summed E-state index contributed by atoms with van der Waals surface area (Å²) in [6.45, 7) is 4.73. The van der Waals surface area contributed by atoms with Gasteiger partial charge < -0.3 is 23.9 Å². The molecule has 0 spiro atoms. The van der Waals surface area contributed by atoms with E-state index >= 15 is 0 Å². The van der Waals surface area contributed by atoms with Gasteiger partial charge in [0.2, 0.25) is 5.95 Å². The normalized spacial score (nSPS) is 27.7. The zero-order valence-corrected chi connectivity index (χ0v) is 25.2. The number of halogens is 1. The van der Waals surface area contributed by atoms with Gasteiger partial charge in [0.15, 0.2) is 6.17 Å². The molecule has 7 rings (SSSR count). The van der Waals surface area contributed by atoms with Gasteiger partial charge in [0.25, 0.3) is 0 Å². The fourth-order valence-electron chi connectivity index (χ4n) is 7.22. The molecular formula is C30H39ClN8O3. The molecule has 4 aliphatic rings. The lowest BCUT2D eigenvalue weighted by Crippen LogP contribution is -2.49. The third kappa shape index (κ3) is 5.05. The minimum atomic E-state index is -0.605. The molecular weight excluding hydrogens is 556 g/mol. The Labute approximate surface area is 250 Å². The Morgan fingerprint density at radius 2 is 1.95 bits per heavy atom.